The number of fused-ring (bicyclic) bond motifs is 3. The Bertz CT molecular complexity index is 655. The normalized spacial score (nSPS) is 29.5. The molecule has 1 N–H and O–H groups in total. The third-order valence-corrected chi connectivity index (χ3v) is 6.26. The van der Waals surface area contributed by atoms with E-state index in [9.17, 15) is 10.1 Å². The molecule has 0 unspecified atom stereocenters. The van der Waals surface area contributed by atoms with Crippen molar-refractivity contribution in [3.05, 3.63) is 18.0 Å². The third kappa shape index (κ3) is 2.72. The molecule has 0 aromatic carbocycles. The lowest BCUT2D eigenvalue weighted by Crippen LogP contribution is -2.60. The highest BCUT2D eigenvalue weighted by molar-refractivity contribution is 5.84. The molecule has 1 amide bonds. The molecular weight excluding hydrogens is 300 g/mol. The van der Waals surface area contributed by atoms with Gasteiger partial charge in [-0.3, -0.25) is 9.48 Å². The largest absolute Gasteiger partial charge is 0.349 e. The molecule has 0 spiro atoms. The van der Waals surface area contributed by atoms with Crippen LogP contribution in [0.3, 0.4) is 0 Å². The minimum Gasteiger partial charge on any atom is -0.349 e. The van der Waals surface area contributed by atoms with Gasteiger partial charge < -0.3 is 5.32 Å². The van der Waals surface area contributed by atoms with Crippen LogP contribution in [0.1, 0.15) is 77.7 Å². The number of amides is 1. The molecule has 0 atom stereocenters. The summed E-state index contributed by atoms with van der Waals surface area (Å²) in [4.78, 5) is 13.0. The maximum atomic E-state index is 13.0. The van der Waals surface area contributed by atoms with Crippen LogP contribution >= 0.6 is 0 Å². The molecule has 3 aliphatic rings. The number of nitriles is 1. The molecule has 130 valence electrons. The predicted molar refractivity (Wildman–Crippen MR) is 92.3 cm³/mol. The molecule has 0 aliphatic heterocycles. The second-order valence-corrected chi connectivity index (χ2v) is 8.56. The SMILES string of the molecule is CC(C)c1cnn(C(C)(C)C(=O)NC23CCC(C#N)(CC2)CC3)c1. The zero-order chi connectivity index (χ0) is 17.6. The van der Waals surface area contributed by atoms with Crippen LogP contribution < -0.4 is 5.32 Å². The van der Waals surface area contributed by atoms with E-state index in [1.807, 2.05) is 26.2 Å². The number of rotatable bonds is 4. The standard InChI is InChI=1S/C19H28N4O/c1-14(2)15-11-21-23(12-15)17(3,4)16(24)22-19-8-5-18(13-20,6-9-19)7-10-19/h11-12,14H,5-10H2,1-4H3,(H,22,24). The summed E-state index contributed by atoms with van der Waals surface area (Å²) in [6.07, 6.45) is 9.29. The fourth-order valence-corrected chi connectivity index (χ4v) is 3.98. The number of carbonyl (C=O) groups excluding carboxylic acids is 1. The summed E-state index contributed by atoms with van der Waals surface area (Å²) in [5.74, 6) is 0.416. The van der Waals surface area contributed by atoms with Gasteiger partial charge in [0.25, 0.3) is 0 Å². The zero-order valence-corrected chi connectivity index (χ0v) is 15.2. The Balaban J connectivity index is 1.73. The minimum absolute atomic E-state index is 0.0206. The summed E-state index contributed by atoms with van der Waals surface area (Å²) in [5, 5.41) is 17.2. The number of nitrogens with one attached hydrogen (secondary N) is 1. The molecule has 3 aliphatic carbocycles. The molecule has 4 rings (SSSR count). The van der Waals surface area contributed by atoms with Gasteiger partial charge in [-0.05, 0) is 63.9 Å². The van der Waals surface area contributed by atoms with Crippen molar-refractivity contribution in [2.45, 2.75) is 83.2 Å². The van der Waals surface area contributed by atoms with Gasteiger partial charge >= 0.3 is 0 Å². The van der Waals surface area contributed by atoms with E-state index in [1.165, 1.54) is 0 Å². The van der Waals surface area contributed by atoms with Crippen molar-refractivity contribution in [1.82, 2.24) is 15.1 Å². The highest BCUT2D eigenvalue weighted by Gasteiger charge is 2.50. The highest BCUT2D eigenvalue weighted by atomic mass is 16.2. The van der Waals surface area contributed by atoms with E-state index in [1.54, 1.807) is 4.68 Å². The van der Waals surface area contributed by atoms with Gasteiger partial charge in [0.15, 0.2) is 0 Å². The van der Waals surface area contributed by atoms with Gasteiger partial charge in [-0.2, -0.15) is 10.4 Å². The van der Waals surface area contributed by atoms with Gasteiger partial charge in [0.1, 0.15) is 5.54 Å². The lowest BCUT2D eigenvalue weighted by Gasteiger charge is -2.51. The second kappa shape index (κ2) is 5.61. The van der Waals surface area contributed by atoms with Gasteiger partial charge in [0.05, 0.1) is 17.7 Å². The molecule has 1 aromatic heterocycles. The molecule has 0 radical (unpaired) electrons. The van der Waals surface area contributed by atoms with Gasteiger partial charge in [0.2, 0.25) is 5.91 Å². The monoisotopic (exact) mass is 328 g/mol. The molecular formula is C19H28N4O. The molecule has 1 aromatic rings. The molecule has 0 saturated heterocycles. The van der Waals surface area contributed by atoms with E-state index in [2.05, 4.69) is 30.3 Å². The van der Waals surface area contributed by atoms with Crippen molar-refractivity contribution in [2.75, 3.05) is 0 Å². The van der Waals surface area contributed by atoms with Crippen molar-refractivity contribution in [3.63, 3.8) is 0 Å². The number of hydrogen-bond donors (Lipinski definition) is 1. The number of nitrogens with zero attached hydrogens (tertiary/aromatic N) is 3. The number of hydrogen-bond acceptors (Lipinski definition) is 3. The van der Waals surface area contributed by atoms with Crippen LogP contribution in [0, 0.1) is 16.7 Å². The highest BCUT2D eigenvalue weighted by Crippen LogP contribution is 2.52. The van der Waals surface area contributed by atoms with E-state index in [0.29, 0.717) is 5.92 Å². The fourth-order valence-electron chi connectivity index (χ4n) is 3.98. The molecule has 3 saturated carbocycles. The summed E-state index contributed by atoms with van der Waals surface area (Å²) in [6, 6.07) is 2.52. The van der Waals surface area contributed by atoms with Crippen molar-refractivity contribution in [1.29, 1.82) is 5.26 Å². The van der Waals surface area contributed by atoms with Crippen LogP contribution in [-0.4, -0.2) is 21.2 Å². The van der Waals surface area contributed by atoms with Crippen molar-refractivity contribution >= 4 is 5.91 Å². The Morgan fingerprint density at radius 3 is 2.33 bits per heavy atom. The molecule has 24 heavy (non-hydrogen) atoms. The second-order valence-electron chi connectivity index (χ2n) is 8.56. The first-order valence-electron chi connectivity index (χ1n) is 9.01. The van der Waals surface area contributed by atoms with E-state index in [-0.39, 0.29) is 16.9 Å². The molecule has 3 fully saturated rings. The van der Waals surface area contributed by atoms with E-state index >= 15 is 0 Å². The first-order chi connectivity index (χ1) is 11.2. The Morgan fingerprint density at radius 2 is 1.88 bits per heavy atom. The van der Waals surface area contributed by atoms with Crippen LogP contribution in [-0.2, 0) is 10.3 Å². The predicted octanol–water partition coefficient (Wildman–Crippen LogP) is 3.47. The van der Waals surface area contributed by atoms with Gasteiger partial charge in [-0.15, -0.1) is 0 Å². The first-order valence-corrected chi connectivity index (χ1v) is 9.01. The van der Waals surface area contributed by atoms with Crippen LogP contribution in [0.5, 0.6) is 0 Å². The third-order valence-electron chi connectivity index (χ3n) is 6.26. The van der Waals surface area contributed by atoms with Crippen LogP contribution in [0.15, 0.2) is 12.4 Å². The molecule has 2 bridgehead atoms. The fraction of sp³-hybridized carbons (Fsp3) is 0.737. The Morgan fingerprint density at radius 1 is 1.29 bits per heavy atom. The maximum Gasteiger partial charge on any atom is 0.247 e. The molecule has 1 heterocycles. The topological polar surface area (TPSA) is 70.7 Å². The van der Waals surface area contributed by atoms with Gasteiger partial charge in [-0.1, -0.05) is 13.8 Å². The summed E-state index contributed by atoms with van der Waals surface area (Å²) in [6.45, 7) is 8.08. The van der Waals surface area contributed by atoms with Crippen LogP contribution in [0.25, 0.3) is 0 Å². The van der Waals surface area contributed by atoms with Gasteiger partial charge in [-0.25, -0.2) is 0 Å². The quantitative estimate of drug-likeness (QED) is 0.920. The van der Waals surface area contributed by atoms with E-state index in [0.717, 1.165) is 44.1 Å². The summed E-state index contributed by atoms with van der Waals surface area (Å²) in [7, 11) is 0. The minimum atomic E-state index is -0.719. The number of carbonyl (C=O) groups is 1. The summed E-state index contributed by atoms with van der Waals surface area (Å²) >= 11 is 0. The lowest BCUT2D eigenvalue weighted by atomic mass is 9.58. The van der Waals surface area contributed by atoms with E-state index < -0.39 is 5.54 Å². The average molecular weight is 328 g/mol. The Kier molecular flexibility index (Phi) is 3.98. The maximum absolute atomic E-state index is 13.0. The molecule has 5 nitrogen and oxygen atoms in total. The summed E-state index contributed by atoms with van der Waals surface area (Å²) in [5.41, 5.74) is 0.170. The Labute approximate surface area is 144 Å². The molecule has 5 heteroatoms. The van der Waals surface area contributed by atoms with Crippen molar-refractivity contribution in [3.8, 4) is 6.07 Å². The number of aromatic nitrogens is 2. The average Bonchev–Trinajstić information content (AvgIpc) is 3.07. The summed E-state index contributed by atoms with van der Waals surface area (Å²) < 4.78 is 1.78. The first kappa shape index (κ1) is 17.0. The lowest BCUT2D eigenvalue weighted by molar-refractivity contribution is -0.132. The van der Waals surface area contributed by atoms with Crippen LogP contribution in [0.2, 0.25) is 0 Å². The smallest absolute Gasteiger partial charge is 0.247 e. The zero-order valence-electron chi connectivity index (χ0n) is 15.2. The van der Waals surface area contributed by atoms with Crippen LogP contribution in [0.4, 0.5) is 0 Å². The van der Waals surface area contributed by atoms with Crippen molar-refractivity contribution in [2.24, 2.45) is 5.41 Å². The van der Waals surface area contributed by atoms with Gasteiger partial charge in [0, 0.05) is 11.7 Å². The van der Waals surface area contributed by atoms with Crippen molar-refractivity contribution < 1.29 is 4.79 Å². The van der Waals surface area contributed by atoms with E-state index in [4.69, 9.17) is 0 Å². The Hall–Kier alpha value is -1.83.